The zero-order chi connectivity index (χ0) is 22.9. The fraction of sp³-hybridized carbons (Fsp3) is 0.214. The number of carbonyl (C=O) groups is 1. The summed E-state index contributed by atoms with van der Waals surface area (Å²) in [7, 11) is 0. The Hall–Kier alpha value is -3.86. The maximum atomic E-state index is 10.9. The Kier molecular flexibility index (Phi) is 7.54. The van der Waals surface area contributed by atoms with Crippen LogP contribution >= 0.6 is 0 Å². The number of fused-ring (bicyclic) bond motifs is 1. The Morgan fingerprint density at radius 1 is 0.970 bits per heavy atom. The van der Waals surface area contributed by atoms with Gasteiger partial charge in [-0.3, -0.25) is 0 Å². The molecular weight excluding hydrogens is 414 g/mol. The third-order valence-corrected chi connectivity index (χ3v) is 5.65. The predicted molar refractivity (Wildman–Crippen MR) is 129 cm³/mol. The summed E-state index contributed by atoms with van der Waals surface area (Å²) < 4.78 is 5.50. The van der Waals surface area contributed by atoms with Crippen LogP contribution in [0.25, 0.3) is 0 Å². The molecule has 0 aliphatic heterocycles. The van der Waals surface area contributed by atoms with Gasteiger partial charge in [-0.2, -0.15) is 0 Å². The van der Waals surface area contributed by atoms with Crippen molar-refractivity contribution in [1.29, 1.82) is 0 Å². The van der Waals surface area contributed by atoms with E-state index < -0.39 is 5.97 Å². The van der Waals surface area contributed by atoms with E-state index in [4.69, 9.17) is 14.7 Å². The number of oxime groups is 1. The normalized spacial score (nSPS) is 15.0. The molecule has 1 N–H and O–H groups in total. The molecule has 1 unspecified atom stereocenters. The molecule has 0 heterocycles. The standard InChI is InChI=1S/C28H27NO4/c30-27(31)20-32-26-18-8-16-24-21(14-7-17-25(24)26)15-9-19-33-29-28(22-10-3-1-4-11-22)23-12-5-2-6-13-23/h1-6,8-13,15-16,18,21H,7,14,17,19-20H2,(H,30,31)/b15-9+. The quantitative estimate of drug-likeness (QED) is 0.203. The molecule has 1 aliphatic rings. The van der Waals surface area contributed by atoms with Gasteiger partial charge in [0.1, 0.15) is 18.1 Å². The highest BCUT2D eigenvalue weighted by Crippen LogP contribution is 2.37. The van der Waals surface area contributed by atoms with Gasteiger partial charge in [-0.25, -0.2) is 4.79 Å². The fourth-order valence-corrected chi connectivity index (χ4v) is 4.16. The number of aliphatic carboxylic acids is 1. The van der Waals surface area contributed by atoms with E-state index in [-0.39, 0.29) is 12.5 Å². The summed E-state index contributed by atoms with van der Waals surface area (Å²) in [5, 5.41) is 13.4. The van der Waals surface area contributed by atoms with Crippen molar-refractivity contribution in [3.8, 4) is 5.75 Å². The van der Waals surface area contributed by atoms with E-state index in [2.05, 4.69) is 17.3 Å². The van der Waals surface area contributed by atoms with Crippen molar-refractivity contribution in [3.63, 3.8) is 0 Å². The first-order valence-corrected chi connectivity index (χ1v) is 11.2. The molecule has 0 saturated carbocycles. The van der Waals surface area contributed by atoms with Gasteiger partial charge in [0.15, 0.2) is 6.61 Å². The van der Waals surface area contributed by atoms with Crippen LogP contribution in [0.4, 0.5) is 0 Å². The number of carboxylic acids is 1. The third-order valence-electron chi connectivity index (χ3n) is 5.65. The minimum Gasteiger partial charge on any atom is -0.482 e. The topological polar surface area (TPSA) is 68.1 Å². The Morgan fingerprint density at radius 2 is 1.67 bits per heavy atom. The number of carboxylic acid groups (broad SMARTS) is 1. The average molecular weight is 442 g/mol. The first kappa shape index (κ1) is 22.3. The van der Waals surface area contributed by atoms with Crippen molar-refractivity contribution in [1.82, 2.24) is 0 Å². The van der Waals surface area contributed by atoms with Crippen molar-refractivity contribution in [2.24, 2.45) is 5.16 Å². The Bertz CT molecular complexity index is 1080. The summed E-state index contributed by atoms with van der Waals surface area (Å²) in [5.74, 6) is -0.0513. The van der Waals surface area contributed by atoms with Crippen LogP contribution in [-0.4, -0.2) is 30.0 Å². The van der Waals surface area contributed by atoms with E-state index in [1.807, 2.05) is 78.9 Å². The fourth-order valence-electron chi connectivity index (χ4n) is 4.16. The second-order valence-corrected chi connectivity index (χ2v) is 7.90. The van der Waals surface area contributed by atoms with Crippen molar-refractivity contribution in [2.75, 3.05) is 13.2 Å². The van der Waals surface area contributed by atoms with Crippen LogP contribution in [0.3, 0.4) is 0 Å². The lowest BCUT2D eigenvalue weighted by Crippen LogP contribution is -2.14. The SMILES string of the molecule is O=C(O)COc1cccc2c1CCCC2/C=C/CON=C(c1ccccc1)c1ccccc1. The number of hydrogen-bond acceptors (Lipinski definition) is 4. The summed E-state index contributed by atoms with van der Waals surface area (Å²) in [6, 6.07) is 25.9. The molecule has 3 aromatic carbocycles. The lowest BCUT2D eigenvalue weighted by Gasteiger charge is -2.25. The van der Waals surface area contributed by atoms with Gasteiger partial charge in [-0.1, -0.05) is 84.0 Å². The molecule has 0 aromatic heterocycles. The number of ether oxygens (including phenoxy) is 1. The largest absolute Gasteiger partial charge is 0.482 e. The van der Waals surface area contributed by atoms with Gasteiger partial charge in [0, 0.05) is 17.0 Å². The minimum atomic E-state index is -0.970. The van der Waals surface area contributed by atoms with E-state index in [1.54, 1.807) is 0 Å². The molecule has 0 fully saturated rings. The van der Waals surface area contributed by atoms with Crippen LogP contribution in [-0.2, 0) is 16.1 Å². The van der Waals surface area contributed by atoms with Crippen molar-refractivity contribution in [2.45, 2.75) is 25.2 Å². The van der Waals surface area contributed by atoms with E-state index in [9.17, 15) is 4.79 Å². The number of nitrogens with zero attached hydrogens (tertiary/aromatic N) is 1. The zero-order valence-electron chi connectivity index (χ0n) is 18.4. The Labute approximate surface area is 194 Å². The van der Waals surface area contributed by atoms with Crippen LogP contribution in [0, 0.1) is 0 Å². The molecule has 0 amide bonds. The van der Waals surface area contributed by atoms with Gasteiger partial charge in [-0.05, 0) is 42.5 Å². The molecule has 33 heavy (non-hydrogen) atoms. The molecule has 4 rings (SSSR count). The summed E-state index contributed by atoms with van der Waals surface area (Å²) >= 11 is 0. The summed E-state index contributed by atoms with van der Waals surface area (Å²) in [4.78, 5) is 16.6. The first-order valence-electron chi connectivity index (χ1n) is 11.2. The summed E-state index contributed by atoms with van der Waals surface area (Å²) in [5.41, 5.74) is 5.10. The average Bonchev–Trinajstić information content (AvgIpc) is 2.86. The van der Waals surface area contributed by atoms with Crippen LogP contribution in [0.2, 0.25) is 0 Å². The number of allylic oxidation sites excluding steroid dienone is 1. The summed E-state index contributed by atoms with van der Waals surface area (Å²) in [6.07, 6.45) is 7.11. The molecule has 3 aromatic rings. The second kappa shape index (κ2) is 11.1. The highest BCUT2D eigenvalue weighted by Gasteiger charge is 2.21. The number of benzene rings is 3. The molecule has 0 saturated heterocycles. The number of rotatable bonds is 9. The molecule has 1 atom stereocenters. The highest BCUT2D eigenvalue weighted by molar-refractivity contribution is 6.12. The third kappa shape index (κ3) is 5.89. The van der Waals surface area contributed by atoms with E-state index >= 15 is 0 Å². The zero-order valence-corrected chi connectivity index (χ0v) is 18.4. The lowest BCUT2D eigenvalue weighted by molar-refractivity contribution is -0.139. The van der Waals surface area contributed by atoms with Crippen LogP contribution in [0.5, 0.6) is 5.75 Å². The lowest BCUT2D eigenvalue weighted by atomic mass is 9.82. The van der Waals surface area contributed by atoms with Gasteiger partial charge in [0.25, 0.3) is 0 Å². The van der Waals surface area contributed by atoms with Crippen molar-refractivity contribution < 1.29 is 19.5 Å². The maximum absolute atomic E-state index is 10.9. The van der Waals surface area contributed by atoms with Crippen LogP contribution in [0.15, 0.2) is 96.2 Å². The van der Waals surface area contributed by atoms with E-state index in [1.165, 1.54) is 5.56 Å². The minimum absolute atomic E-state index is 0.248. The molecule has 168 valence electrons. The second-order valence-electron chi connectivity index (χ2n) is 7.90. The maximum Gasteiger partial charge on any atom is 0.341 e. The molecule has 5 heteroatoms. The number of hydrogen-bond donors (Lipinski definition) is 1. The van der Waals surface area contributed by atoms with Gasteiger partial charge >= 0.3 is 5.97 Å². The molecule has 1 aliphatic carbocycles. The predicted octanol–water partition coefficient (Wildman–Crippen LogP) is 5.60. The van der Waals surface area contributed by atoms with Crippen LogP contribution < -0.4 is 4.74 Å². The first-order chi connectivity index (χ1) is 16.2. The molecule has 0 radical (unpaired) electrons. The van der Waals surface area contributed by atoms with Gasteiger partial charge < -0.3 is 14.7 Å². The summed E-state index contributed by atoms with van der Waals surface area (Å²) in [6.45, 7) is 0.0399. The van der Waals surface area contributed by atoms with Gasteiger partial charge in [0.2, 0.25) is 0 Å². The van der Waals surface area contributed by atoms with Crippen molar-refractivity contribution >= 4 is 11.7 Å². The Balaban J connectivity index is 1.44. The van der Waals surface area contributed by atoms with Gasteiger partial charge in [0.05, 0.1) is 0 Å². The van der Waals surface area contributed by atoms with E-state index in [0.29, 0.717) is 12.4 Å². The molecule has 5 nitrogen and oxygen atoms in total. The van der Waals surface area contributed by atoms with Crippen molar-refractivity contribution in [3.05, 3.63) is 113 Å². The monoisotopic (exact) mass is 441 g/mol. The Morgan fingerprint density at radius 3 is 2.33 bits per heavy atom. The molecule has 0 spiro atoms. The smallest absolute Gasteiger partial charge is 0.341 e. The van der Waals surface area contributed by atoms with E-state index in [0.717, 1.165) is 41.7 Å². The molecule has 0 bridgehead atoms. The van der Waals surface area contributed by atoms with Crippen LogP contribution in [0.1, 0.15) is 41.0 Å². The molecular formula is C28H27NO4. The highest BCUT2D eigenvalue weighted by atomic mass is 16.6. The van der Waals surface area contributed by atoms with Gasteiger partial charge in [-0.15, -0.1) is 0 Å².